The van der Waals surface area contributed by atoms with E-state index in [0.29, 0.717) is 13.1 Å². The van der Waals surface area contributed by atoms with Gasteiger partial charge in [-0.3, -0.25) is 0 Å². The van der Waals surface area contributed by atoms with E-state index in [2.05, 4.69) is 4.98 Å². The van der Waals surface area contributed by atoms with Crippen molar-refractivity contribution in [1.82, 2.24) is 13.9 Å². The summed E-state index contributed by atoms with van der Waals surface area (Å²) in [6.07, 6.45) is 2.98. The van der Waals surface area contributed by atoms with E-state index in [4.69, 9.17) is 1.37 Å². The Labute approximate surface area is 84.8 Å². The van der Waals surface area contributed by atoms with Crippen molar-refractivity contribution in [2.24, 2.45) is 0 Å². The van der Waals surface area contributed by atoms with Crippen molar-refractivity contribution in [2.45, 2.75) is 19.5 Å². The summed E-state index contributed by atoms with van der Waals surface area (Å²) >= 11 is 0. The Morgan fingerprint density at radius 3 is 3.00 bits per heavy atom. The number of imidazole rings is 1. The summed E-state index contributed by atoms with van der Waals surface area (Å²) in [6, 6.07) is -0.236. The van der Waals surface area contributed by atoms with Crippen LogP contribution >= 0.6 is 0 Å². The minimum Gasteiger partial charge on any atom is -0.332 e. The van der Waals surface area contributed by atoms with Crippen LogP contribution in [0.3, 0.4) is 0 Å². The van der Waals surface area contributed by atoms with Crippen LogP contribution in [-0.2, 0) is 16.6 Å². The topological polar surface area (TPSA) is 55.2 Å². The lowest BCUT2D eigenvalue weighted by Crippen LogP contribution is -2.39. The first-order valence-corrected chi connectivity index (χ1v) is 6.25. The average Bonchev–Trinajstić information content (AvgIpc) is 2.47. The highest BCUT2D eigenvalue weighted by Crippen LogP contribution is 2.26. The third-order valence-electron chi connectivity index (χ3n) is 2.52. The molecular weight excluding hydrogens is 202 g/mol. The fraction of sp³-hybridized carbons (Fsp3) is 0.625. The number of sulfonamides is 1. The zero-order valence-electron chi connectivity index (χ0n) is 9.14. The monoisotopic (exact) mass is 216 g/mol. The second-order valence-corrected chi connectivity index (χ2v) is 5.42. The molecule has 1 atom stereocenters. The minimum atomic E-state index is -3.18. The molecule has 1 aromatic rings. The summed E-state index contributed by atoms with van der Waals surface area (Å²) in [5.41, 5.74) is 0.789. The van der Waals surface area contributed by atoms with Gasteiger partial charge in [-0.15, -0.1) is 0 Å². The van der Waals surface area contributed by atoms with Gasteiger partial charge in [0, 0.05) is 19.3 Å². The number of hydrogen-bond donors (Lipinski definition) is 0. The molecule has 0 aliphatic carbocycles. The van der Waals surface area contributed by atoms with E-state index in [1.165, 1.54) is 10.6 Å². The first-order chi connectivity index (χ1) is 6.91. The third-order valence-corrected chi connectivity index (χ3v) is 3.87. The molecule has 14 heavy (non-hydrogen) atoms. The van der Waals surface area contributed by atoms with Crippen LogP contribution in [0, 0.1) is 0 Å². The van der Waals surface area contributed by atoms with Gasteiger partial charge in [0.2, 0.25) is 10.0 Å². The van der Waals surface area contributed by atoms with E-state index in [9.17, 15) is 8.42 Å². The number of hydrogen-bond acceptors (Lipinski definition) is 3. The smallest absolute Gasteiger partial charge is 0.211 e. The Morgan fingerprint density at radius 1 is 1.64 bits per heavy atom. The van der Waals surface area contributed by atoms with Crippen LogP contribution in [0.4, 0.5) is 0 Å². The van der Waals surface area contributed by atoms with Crippen LogP contribution in [0.2, 0.25) is 0 Å². The molecule has 1 aromatic heterocycles. The van der Waals surface area contributed by atoms with E-state index < -0.39 is 10.0 Å². The van der Waals surface area contributed by atoms with Crippen LogP contribution in [0.15, 0.2) is 12.5 Å². The highest BCUT2D eigenvalue weighted by Gasteiger charge is 2.29. The molecule has 0 spiro atoms. The number of nitrogens with zero attached hydrogens (tertiary/aromatic N) is 3. The van der Waals surface area contributed by atoms with Gasteiger partial charge < -0.3 is 4.57 Å². The molecule has 0 bridgehead atoms. The molecule has 0 saturated carbocycles. The molecule has 1 aliphatic rings. The zero-order valence-corrected chi connectivity index (χ0v) is 8.95. The van der Waals surface area contributed by atoms with Gasteiger partial charge in [0.25, 0.3) is 0 Å². The van der Waals surface area contributed by atoms with Crippen LogP contribution in [0.1, 0.15) is 20.0 Å². The average molecular weight is 216 g/mol. The molecule has 0 fully saturated rings. The van der Waals surface area contributed by atoms with Crippen molar-refractivity contribution in [1.29, 1.82) is 0 Å². The quantitative estimate of drug-likeness (QED) is 0.674. The Balaban J connectivity index is 2.43. The SMILES string of the molecule is [2H]c1ncc2n1CCN(S(C)(=O)=O)C2C. The number of rotatable bonds is 1. The molecule has 78 valence electrons. The van der Waals surface area contributed by atoms with Crippen LogP contribution in [0.5, 0.6) is 0 Å². The van der Waals surface area contributed by atoms with Crippen molar-refractivity contribution in [3.05, 3.63) is 18.2 Å². The Kier molecular flexibility index (Phi) is 1.84. The fourth-order valence-electron chi connectivity index (χ4n) is 1.80. The number of aromatic nitrogens is 2. The predicted molar refractivity (Wildman–Crippen MR) is 52.2 cm³/mol. The molecule has 0 radical (unpaired) electrons. The van der Waals surface area contributed by atoms with E-state index >= 15 is 0 Å². The van der Waals surface area contributed by atoms with Gasteiger partial charge in [-0.05, 0) is 6.92 Å². The lowest BCUT2D eigenvalue weighted by Gasteiger charge is -2.32. The second-order valence-electron chi connectivity index (χ2n) is 3.48. The van der Waals surface area contributed by atoms with E-state index in [1.54, 1.807) is 10.8 Å². The van der Waals surface area contributed by atoms with Crippen molar-refractivity contribution < 1.29 is 9.79 Å². The zero-order chi connectivity index (χ0) is 11.2. The standard InChI is InChI=1S/C8H13N3O2S/c1-7-8-5-9-6-10(8)3-4-11(7)14(2,12)13/h5-7H,3-4H2,1-2H3/i6D. The highest BCUT2D eigenvalue weighted by molar-refractivity contribution is 7.88. The summed E-state index contributed by atoms with van der Waals surface area (Å²) in [5, 5.41) is 0. The van der Waals surface area contributed by atoms with Crippen molar-refractivity contribution in [2.75, 3.05) is 12.8 Å². The summed E-state index contributed by atoms with van der Waals surface area (Å²) < 4.78 is 33.6. The van der Waals surface area contributed by atoms with Gasteiger partial charge in [0.15, 0.2) is 0 Å². The molecule has 1 unspecified atom stereocenters. The maximum absolute atomic E-state index is 11.5. The maximum Gasteiger partial charge on any atom is 0.211 e. The molecule has 0 N–H and O–H groups in total. The second kappa shape index (κ2) is 3.06. The fourth-order valence-corrected chi connectivity index (χ4v) is 2.89. The van der Waals surface area contributed by atoms with Gasteiger partial charge >= 0.3 is 0 Å². The van der Waals surface area contributed by atoms with Crippen molar-refractivity contribution in [3.63, 3.8) is 0 Å². The van der Waals surface area contributed by atoms with Gasteiger partial charge in [0.05, 0.1) is 24.3 Å². The normalized spacial score (nSPS) is 24.4. The molecule has 0 aromatic carbocycles. The molecular formula is C8H13N3O2S. The first kappa shape index (κ1) is 8.43. The summed E-state index contributed by atoms with van der Waals surface area (Å²) in [4.78, 5) is 3.87. The van der Waals surface area contributed by atoms with Gasteiger partial charge in [-0.25, -0.2) is 13.4 Å². The van der Waals surface area contributed by atoms with Gasteiger partial charge in [-0.2, -0.15) is 4.31 Å². The van der Waals surface area contributed by atoms with E-state index in [1.807, 2.05) is 6.92 Å². The lowest BCUT2D eigenvalue weighted by atomic mass is 10.2. The highest BCUT2D eigenvalue weighted by atomic mass is 32.2. The van der Waals surface area contributed by atoms with E-state index in [0.717, 1.165) is 5.69 Å². The largest absolute Gasteiger partial charge is 0.332 e. The molecule has 6 heteroatoms. The Morgan fingerprint density at radius 2 is 2.36 bits per heavy atom. The molecule has 5 nitrogen and oxygen atoms in total. The van der Waals surface area contributed by atoms with Crippen LogP contribution in [-0.4, -0.2) is 35.1 Å². The van der Waals surface area contributed by atoms with Crippen molar-refractivity contribution in [3.8, 4) is 0 Å². The predicted octanol–water partition coefficient (Wildman–Crippen LogP) is 0.219. The molecule has 2 rings (SSSR count). The van der Waals surface area contributed by atoms with Crippen LogP contribution in [0.25, 0.3) is 0 Å². The van der Waals surface area contributed by atoms with Gasteiger partial charge in [0.1, 0.15) is 1.37 Å². The third kappa shape index (κ3) is 1.44. The van der Waals surface area contributed by atoms with E-state index in [-0.39, 0.29) is 12.3 Å². The number of fused-ring (bicyclic) bond motifs is 1. The Hall–Kier alpha value is -0.880. The van der Waals surface area contributed by atoms with Gasteiger partial charge in [-0.1, -0.05) is 0 Å². The first-order valence-electron chi connectivity index (χ1n) is 4.90. The lowest BCUT2D eigenvalue weighted by molar-refractivity contribution is 0.284. The molecule has 2 heterocycles. The molecule has 0 saturated heterocycles. The van der Waals surface area contributed by atoms with Crippen molar-refractivity contribution >= 4 is 10.0 Å². The minimum absolute atomic E-state index is 0.199. The summed E-state index contributed by atoms with van der Waals surface area (Å²) in [7, 11) is -3.18. The summed E-state index contributed by atoms with van der Waals surface area (Å²) in [6.45, 7) is 2.73. The maximum atomic E-state index is 11.5. The van der Waals surface area contributed by atoms with Crippen LogP contribution < -0.4 is 0 Å². The summed E-state index contributed by atoms with van der Waals surface area (Å²) in [5.74, 6) is 0. The Bertz CT molecular complexity index is 482. The molecule has 1 aliphatic heterocycles. The molecule has 0 amide bonds.